The van der Waals surface area contributed by atoms with Crippen molar-refractivity contribution in [3.63, 3.8) is 0 Å². The minimum atomic E-state index is -4.41. The number of ether oxygens (including phenoxy) is 2. The zero-order chi connectivity index (χ0) is 60.1. The fraction of sp³-hybridized carbons (Fsp3) is 0.644. The summed E-state index contributed by atoms with van der Waals surface area (Å²) in [4.78, 5) is 35.3. The molecular weight excluding hydrogens is 1050 g/mol. The Kier molecular flexibility index (Phi) is 63.7. The molecule has 0 spiro atoms. The molecule has 0 aliphatic carbocycles. The first kappa shape index (κ1) is 78.9. The Morgan fingerprint density at radius 1 is 0.373 bits per heavy atom. The van der Waals surface area contributed by atoms with Gasteiger partial charge >= 0.3 is 19.8 Å². The first-order chi connectivity index (χ1) is 40.8. The van der Waals surface area contributed by atoms with Gasteiger partial charge in [0.1, 0.15) is 6.61 Å². The van der Waals surface area contributed by atoms with Gasteiger partial charge in [-0.15, -0.1) is 0 Å². The molecule has 3 N–H and O–H groups in total. The summed E-state index contributed by atoms with van der Waals surface area (Å²) in [6, 6.07) is 0. The standard InChI is InChI=1S/C73H122NO8P/c1-3-5-7-9-11-13-15-17-19-21-23-25-27-29-31-33-35-37-39-41-43-45-47-49-51-53-55-57-59-61-63-65-72(75)79-69-71(70-81-83(77,78)80-68-67-74)82-73(76)66-64-62-60-58-56-54-52-50-48-46-44-42-40-38-36-34-32-30-28-26-24-22-20-18-16-14-12-10-8-6-4-2/h6,8,12,14-15,17-18,20-21,23-24,26-27,29-30,32,36,38,42,44,48,50,54,56,71H,3-5,7,9-11,13,16,19,22,25,28,31,33-35,37,39-41,43,45-47,49,51-53,55,57-70,74H2,1-2H3,(H,77,78)/b8-6-,14-12-,17-15-,20-18-,23-21-,26-24-,29-27-,32-30-,38-36-,44-42-,50-48-,56-54-. The average Bonchev–Trinajstić information content (AvgIpc) is 3.48. The first-order valence-electron chi connectivity index (χ1n) is 33.3. The van der Waals surface area contributed by atoms with E-state index in [4.69, 9.17) is 24.3 Å². The number of hydrogen-bond donors (Lipinski definition) is 2. The molecule has 0 rings (SSSR count). The monoisotopic (exact) mass is 1170 g/mol. The normalized spacial score (nSPS) is 13.9. The highest BCUT2D eigenvalue weighted by Crippen LogP contribution is 2.43. The number of carbonyl (C=O) groups is 2. The third-order valence-electron chi connectivity index (χ3n) is 13.7. The van der Waals surface area contributed by atoms with E-state index in [1.807, 2.05) is 0 Å². The van der Waals surface area contributed by atoms with Gasteiger partial charge in [0.25, 0.3) is 0 Å². The lowest BCUT2D eigenvalue weighted by Crippen LogP contribution is -2.29. The second kappa shape index (κ2) is 67.0. The lowest BCUT2D eigenvalue weighted by atomic mass is 10.0. The summed E-state index contributed by atoms with van der Waals surface area (Å²) in [6.07, 6.45) is 96.4. The summed E-state index contributed by atoms with van der Waals surface area (Å²) in [5, 5.41) is 0. The molecule has 10 heteroatoms. The van der Waals surface area contributed by atoms with Crippen LogP contribution in [0.15, 0.2) is 146 Å². The van der Waals surface area contributed by atoms with E-state index in [0.29, 0.717) is 6.42 Å². The van der Waals surface area contributed by atoms with Crippen molar-refractivity contribution in [2.24, 2.45) is 5.73 Å². The van der Waals surface area contributed by atoms with Gasteiger partial charge < -0.3 is 20.1 Å². The molecule has 472 valence electrons. The van der Waals surface area contributed by atoms with Crippen LogP contribution in [0.2, 0.25) is 0 Å². The van der Waals surface area contributed by atoms with Crippen molar-refractivity contribution in [2.75, 3.05) is 26.4 Å². The maximum Gasteiger partial charge on any atom is 0.472 e. The quantitative estimate of drug-likeness (QED) is 0.0264. The van der Waals surface area contributed by atoms with Gasteiger partial charge in [0.05, 0.1) is 13.2 Å². The number of phosphoric acid groups is 1. The number of carbonyl (C=O) groups excluding carboxylic acids is 2. The Balaban J connectivity index is 4.02. The molecule has 0 saturated carbocycles. The highest BCUT2D eigenvalue weighted by Gasteiger charge is 2.26. The SMILES string of the molecule is CC/C=C\C/C=C\C/C=C\C/C=C\C/C=C\C/C=C\C/C=C\C/C=C\C/C=C\CCCCCC(=O)OC(COC(=O)CCCCCCCCCCCCCCCCCC/C=C\C/C=C\C/C=C\CCCCCCC)COP(=O)(O)OCCN. The molecule has 0 heterocycles. The van der Waals surface area contributed by atoms with Gasteiger partial charge in [-0.3, -0.25) is 18.6 Å². The molecule has 0 amide bonds. The van der Waals surface area contributed by atoms with E-state index in [0.717, 1.165) is 109 Å². The van der Waals surface area contributed by atoms with Crippen LogP contribution >= 0.6 is 7.82 Å². The van der Waals surface area contributed by atoms with Crippen LogP contribution < -0.4 is 5.73 Å². The summed E-state index contributed by atoms with van der Waals surface area (Å²) in [7, 11) is -4.41. The van der Waals surface area contributed by atoms with E-state index in [2.05, 4.69) is 160 Å². The van der Waals surface area contributed by atoms with Crippen LogP contribution in [0.4, 0.5) is 0 Å². The van der Waals surface area contributed by atoms with Gasteiger partial charge in [0.2, 0.25) is 0 Å². The molecule has 0 saturated heterocycles. The zero-order valence-electron chi connectivity index (χ0n) is 52.9. The maximum atomic E-state index is 12.7. The van der Waals surface area contributed by atoms with Crippen LogP contribution in [0.1, 0.15) is 271 Å². The molecule has 0 aliphatic rings. The molecule has 2 atom stereocenters. The highest BCUT2D eigenvalue weighted by molar-refractivity contribution is 7.47. The highest BCUT2D eigenvalue weighted by atomic mass is 31.2. The van der Waals surface area contributed by atoms with E-state index in [1.54, 1.807) is 0 Å². The Labute approximate surface area is 509 Å². The van der Waals surface area contributed by atoms with Crippen molar-refractivity contribution < 1.29 is 37.6 Å². The number of unbranched alkanes of at least 4 members (excludes halogenated alkanes) is 24. The van der Waals surface area contributed by atoms with E-state index in [1.165, 1.54) is 128 Å². The Morgan fingerprint density at radius 2 is 0.663 bits per heavy atom. The molecule has 0 aromatic heterocycles. The van der Waals surface area contributed by atoms with Crippen LogP contribution in [0.3, 0.4) is 0 Å². The smallest absolute Gasteiger partial charge is 0.462 e. The predicted molar refractivity (Wildman–Crippen MR) is 357 cm³/mol. The number of phosphoric ester groups is 1. The van der Waals surface area contributed by atoms with Crippen molar-refractivity contribution >= 4 is 19.8 Å². The molecule has 0 aliphatic heterocycles. The number of esters is 2. The maximum absolute atomic E-state index is 12.7. The number of rotatable bonds is 61. The Hall–Kier alpha value is -4.11. The summed E-state index contributed by atoms with van der Waals surface area (Å²) in [5.41, 5.74) is 5.39. The van der Waals surface area contributed by atoms with Crippen molar-refractivity contribution in [3.05, 3.63) is 146 Å². The van der Waals surface area contributed by atoms with Crippen molar-refractivity contribution in [1.82, 2.24) is 0 Å². The second-order valence-electron chi connectivity index (χ2n) is 21.6. The van der Waals surface area contributed by atoms with Crippen LogP contribution in [0.25, 0.3) is 0 Å². The summed E-state index contributed by atoms with van der Waals surface area (Å²) in [6.45, 7) is 3.58. The van der Waals surface area contributed by atoms with Gasteiger partial charge in [-0.05, 0) is 122 Å². The van der Waals surface area contributed by atoms with Gasteiger partial charge in [-0.2, -0.15) is 0 Å². The van der Waals surface area contributed by atoms with Crippen LogP contribution in [-0.4, -0.2) is 49.3 Å². The number of allylic oxidation sites excluding steroid dienone is 24. The second-order valence-corrected chi connectivity index (χ2v) is 23.1. The van der Waals surface area contributed by atoms with Crippen molar-refractivity contribution in [2.45, 2.75) is 277 Å². The van der Waals surface area contributed by atoms with Gasteiger partial charge in [-0.25, -0.2) is 4.57 Å². The van der Waals surface area contributed by atoms with E-state index >= 15 is 0 Å². The van der Waals surface area contributed by atoms with Crippen LogP contribution in [0.5, 0.6) is 0 Å². The topological polar surface area (TPSA) is 134 Å². The lowest BCUT2D eigenvalue weighted by Gasteiger charge is -2.19. The lowest BCUT2D eigenvalue weighted by molar-refractivity contribution is -0.161. The largest absolute Gasteiger partial charge is 0.472 e. The van der Waals surface area contributed by atoms with E-state index in [9.17, 15) is 19.0 Å². The average molecular weight is 1170 g/mol. The number of hydrogen-bond acceptors (Lipinski definition) is 8. The molecule has 0 radical (unpaired) electrons. The fourth-order valence-corrected chi connectivity index (χ4v) is 9.58. The molecule has 0 aromatic carbocycles. The Morgan fingerprint density at radius 3 is 1.00 bits per heavy atom. The minimum absolute atomic E-state index is 0.0404. The minimum Gasteiger partial charge on any atom is -0.462 e. The fourth-order valence-electron chi connectivity index (χ4n) is 8.81. The van der Waals surface area contributed by atoms with Crippen LogP contribution in [0, 0.1) is 0 Å². The van der Waals surface area contributed by atoms with Crippen LogP contribution in [-0.2, 0) is 32.7 Å². The third kappa shape index (κ3) is 66.9. The molecule has 0 fully saturated rings. The molecule has 0 bridgehead atoms. The Bertz CT molecular complexity index is 1870. The summed E-state index contributed by atoms with van der Waals surface area (Å²) >= 11 is 0. The van der Waals surface area contributed by atoms with E-state index < -0.39 is 32.5 Å². The molecule has 0 aromatic rings. The number of nitrogens with two attached hydrogens (primary N) is 1. The summed E-state index contributed by atoms with van der Waals surface area (Å²) < 4.78 is 33.1. The third-order valence-corrected chi connectivity index (χ3v) is 14.7. The molecule has 83 heavy (non-hydrogen) atoms. The zero-order valence-corrected chi connectivity index (χ0v) is 53.8. The van der Waals surface area contributed by atoms with Crippen molar-refractivity contribution in [1.29, 1.82) is 0 Å². The predicted octanol–water partition coefficient (Wildman–Crippen LogP) is 21.9. The van der Waals surface area contributed by atoms with Gasteiger partial charge in [0.15, 0.2) is 6.10 Å². The van der Waals surface area contributed by atoms with E-state index in [-0.39, 0.29) is 32.6 Å². The van der Waals surface area contributed by atoms with Gasteiger partial charge in [0, 0.05) is 19.4 Å². The van der Waals surface area contributed by atoms with Gasteiger partial charge in [-0.1, -0.05) is 282 Å². The first-order valence-corrected chi connectivity index (χ1v) is 34.8. The summed E-state index contributed by atoms with van der Waals surface area (Å²) in [5.74, 6) is -0.871. The van der Waals surface area contributed by atoms with Crippen molar-refractivity contribution in [3.8, 4) is 0 Å². The molecular formula is C73H122NO8P. The molecule has 9 nitrogen and oxygen atoms in total. The molecule has 2 unspecified atom stereocenters.